The average molecular weight is 284 g/mol. The lowest BCUT2D eigenvalue weighted by Gasteiger charge is -2.11. The number of halogens is 4. The largest absolute Gasteiger partial charge is 0.491 e. The van der Waals surface area contributed by atoms with Crippen LogP contribution in [0.15, 0.2) is 18.2 Å². The molecule has 0 radical (unpaired) electrons. The molecule has 0 spiro atoms. The maximum absolute atomic E-state index is 11.8. The van der Waals surface area contributed by atoms with E-state index in [0.717, 1.165) is 0 Å². The van der Waals surface area contributed by atoms with Crippen molar-refractivity contribution in [3.05, 3.63) is 28.8 Å². The van der Waals surface area contributed by atoms with Crippen LogP contribution in [0.2, 0.25) is 5.02 Å². The van der Waals surface area contributed by atoms with E-state index in [1.165, 1.54) is 0 Å². The minimum Gasteiger partial charge on any atom is -0.491 e. The fourth-order valence-corrected chi connectivity index (χ4v) is 1.44. The molecule has 0 saturated heterocycles. The van der Waals surface area contributed by atoms with Crippen LogP contribution in [0.3, 0.4) is 0 Å². The van der Waals surface area contributed by atoms with E-state index in [0.29, 0.717) is 16.3 Å². The lowest BCUT2D eigenvalue weighted by Crippen LogP contribution is -2.19. The molecule has 0 aliphatic carbocycles. The molecule has 0 heterocycles. The van der Waals surface area contributed by atoms with Gasteiger partial charge in [0.25, 0.3) is 0 Å². The Hall–Kier alpha value is -0.980. The standard InChI is InChI=1S/C11H13ClF3NO2/c12-9-1-2-10(8(5-9)6-16)18-4-3-17-7-11(13,14)15/h1-2,5H,3-4,6-7,16H2. The lowest BCUT2D eigenvalue weighted by molar-refractivity contribution is -0.175. The molecule has 0 fully saturated rings. The van der Waals surface area contributed by atoms with Crippen molar-refractivity contribution in [3.8, 4) is 5.75 Å². The van der Waals surface area contributed by atoms with Crippen LogP contribution in [0.4, 0.5) is 13.2 Å². The molecule has 7 heteroatoms. The van der Waals surface area contributed by atoms with Crippen LogP contribution in [-0.2, 0) is 11.3 Å². The highest BCUT2D eigenvalue weighted by atomic mass is 35.5. The minimum absolute atomic E-state index is 0.0186. The highest BCUT2D eigenvalue weighted by Gasteiger charge is 2.27. The smallest absolute Gasteiger partial charge is 0.411 e. The van der Waals surface area contributed by atoms with Crippen molar-refractivity contribution >= 4 is 11.6 Å². The monoisotopic (exact) mass is 283 g/mol. The Morgan fingerprint density at radius 1 is 1.22 bits per heavy atom. The molecule has 3 nitrogen and oxygen atoms in total. The fourth-order valence-electron chi connectivity index (χ4n) is 1.25. The first-order chi connectivity index (χ1) is 8.42. The van der Waals surface area contributed by atoms with E-state index in [4.69, 9.17) is 22.1 Å². The summed E-state index contributed by atoms with van der Waals surface area (Å²) in [4.78, 5) is 0. The van der Waals surface area contributed by atoms with Gasteiger partial charge in [0.1, 0.15) is 19.0 Å². The lowest BCUT2D eigenvalue weighted by atomic mass is 10.2. The van der Waals surface area contributed by atoms with Crippen molar-refractivity contribution < 1.29 is 22.6 Å². The molecule has 0 atom stereocenters. The van der Waals surface area contributed by atoms with Gasteiger partial charge in [-0.25, -0.2) is 0 Å². The Morgan fingerprint density at radius 3 is 2.56 bits per heavy atom. The van der Waals surface area contributed by atoms with Gasteiger partial charge in [-0.2, -0.15) is 13.2 Å². The van der Waals surface area contributed by atoms with E-state index in [-0.39, 0.29) is 19.8 Å². The van der Waals surface area contributed by atoms with Crippen LogP contribution < -0.4 is 10.5 Å². The Balaban J connectivity index is 2.35. The molecule has 0 amide bonds. The zero-order chi connectivity index (χ0) is 13.6. The fraction of sp³-hybridized carbons (Fsp3) is 0.455. The highest BCUT2D eigenvalue weighted by molar-refractivity contribution is 6.30. The van der Waals surface area contributed by atoms with Gasteiger partial charge in [0.05, 0.1) is 6.61 Å². The van der Waals surface area contributed by atoms with E-state index in [2.05, 4.69) is 4.74 Å². The first-order valence-electron chi connectivity index (χ1n) is 5.18. The number of nitrogens with two attached hydrogens (primary N) is 1. The van der Waals surface area contributed by atoms with Gasteiger partial charge < -0.3 is 15.2 Å². The van der Waals surface area contributed by atoms with Crippen LogP contribution >= 0.6 is 11.6 Å². The first-order valence-corrected chi connectivity index (χ1v) is 5.56. The van der Waals surface area contributed by atoms with E-state index in [9.17, 15) is 13.2 Å². The van der Waals surface area contributed by atoms with Crippen molar-refractivity contribution in [1.29, 1.82) is 0 Å². The quantitative estimate of drug-likeness (QED) is 0.817. The normalized spacial score (nSPS) is 11.6. The van der Waals surface area contributed by atoms with Gasteiger partial charge in [-0.1, -0.05) is 11.6 Å². The van der Waals surface area contributed by atoms with Gasteiger partial charge in [-0.15, -0.1) is 0 Å². The summed E-state index contributed by atoms with van der Waals surface area (Å²) in [7, 11) is 0. The number of rotatable bonds is 6. The van der Waals surface area contributed by atoms with Crippen molar-refractivity contribution in [2.75, 3.05) is 19.8 Å². The summed E-state index contributed by atoms with van der Waals surface area (Å²) in [6.07, 6.45) is -4.32. The molecular formula is C11H13ClF3NO2. The van der Waals surface area contributed by atoms with Crippen LogP contribution in [-0.4, -0.2) is 26.0 Å². The molecule has 0 bridgehead atoms. The Labute approximate surface area is 108 Å². The molecule has 1 rings (SSSR count). The summed E-state index contributed by atoms with van der Waals surface area (Å²) >= 11 is 5.77. The molecule has 18 heavy (non-hydrogen) atoms. The number of alkyl halides is 3. The number of ether oxygens (including phenoxy) is 2. The van der Waals surface area contributed by atoms with E-state index in [1.807, 2.05) is 0 Å². The van der Waals surface area contributed by atoms with Gasteiger partial charge in [-0.05, 0) is 18.2 Å². The van der Waals surface area contributed by atoms with Gasteiger partial charge >= 0.3 is 6.18 Å². The summed E-state index contributed by atoms with van der Waals surface area (Å²) in [5.41, 5.74) is 6.18. The van der Waals surface area contributed by atoms with Gasteiger partial charge in [0.15, 0.2) is 0 Å². The molecule has 0 saturated carbocycles. The van der Waals surface area contributed by atoms with E-state index < -0.39 is 12.8 Å². The predicted molar refractivity (Wildman–Crippen MR) is 61.7 cm³/mol. The summed E-state index contributed by atoms with van der Waals surface area (Å²) in [5, 5.41) is 0.524. The molecule has 102 valence electrons. The second-order valence-corrected chi connectivity index (χ2v) is 3.91. The molecule has 0 aliphatic heterocycles. The maximum atomic E-state index is 11.8. The minimum atomic E-state index is -4.32. The Bertz CT molecular complexity index is 385. The molecule has 1 aromatic rings. The third-order valence-corrected chi connectivity index (χ3v) is 2.23. The van der Waals surface area contributed by atoms with Crippen molar-refractivity contribution in [1.82, 2.24) is 0 Å². The van der Waals surface area contributed by atoms with Crippen molar-refractivity contribution in [2.24, 2.45) is 5.73 Å². The topological polar surface area (TPSA) is 44.5 Å². The number of benzene rings is 1. The maximum Gasteiger partial charge on any atom is 0.411 e. The van der Waals surface area contributed by atoms with Crippen molar-refractivity contribution in [3.63, 3.8) is 0 Å². The SMILES string of the molecule is NCc1cc(Cl)ccc1OCCOCC(F)(F)F. The van der Waals surface area contributed by atoms with Crippen LogP contribution in [0.25, 0.3) is 0 Å². The van der Waals surface area contributed by atoms with E-state index in [1.54, 1.807) is 18.2 Å². The Kier molecular flexibility index (Phi) is 5.71. The zero-order valence-corrected chi connectivity index (χ0v) is 10.2. The molecule has 2 N–H and O–H groups in total. The summed E-state index contributed by atoms with van der Waals surface area (Å²) in [5.74, 6) is 0.498. The summed E-state index contributed by atoms with van der Waals surface area (Å²) < 4.78 is 45.0. The summed E-state index contributed by atoms with van der Waals surface area (Å²) in [6.45, 7) is -1.17. The van der Waals surface area contributed by atoms with E-state index >= 15 is 0 Å². The third-order valence-electron chi connectivity index (χ3n) is 1.99. The van der Waals surface area contributed by atoms with Gasteiger partial charge in [0, 0.05) is 17.1 Å². The van der Waals surface area contributed by atoms with Gasteiger partial charge in [0.2, 0.25) is 0 Å². The summed E-state index contributed by atoms with van der Waals surface area (Å²) in [6, 6.07) is 4.88. The van der Waals surface area contributed by atoms with Crippen LogP contribution in [0.5, 0.6) is 5.75 Å². The predicted octanol–water partition coefficient (Wildman–Crippen LogP) is 2.76. The Morgan fingerprint density at radius 2 is 1.94 bits per heavy atom. The molecule has 0 unspecified atom stereocenters. The van der Waals surface area contributed by atoms with Crippen LogP contribution in [0.1, 0.15) is 5.56 Å². The molecular weight excluding hydrogens is 271 g/mol. The molecule has 0 aliphatic rings. The van der Waals surface area contributed by atoms with Gasteiger partial charge in [-0.3, -0.25) is 0 Å². The molecule has 1 aromatic carbocycles. The average Bonchev–Trinajstić information content (AvgIpc) is 2.28. The number of hydrogen-bond donors (Lipinski definition) is 1. The number of hydrogen-bond acceptors (Lipinski definition) is 3. The second-order valence-electron chi connectivity index (χ2n) is 3.47. The zero-order valence-electron chi connectivity index (χ0n) is 9.47. The van der Waals surface area contributed by atoms with Crippen LogP contribution in [0, 0.1) is 0 Å². The first kappa shape index (κ1) is 15.1. The molecule has 0 aromatic heterocycles. The second kappa shape index (κ2) is 6.82. The van der Waals surface area contributed by atoms with Crippen molar-refractivity contribution in [2.45, 2.75) is 12.7 Å². The highest BCUT2D eigenvalue weighted by Crippen LogP contribution is 2.22. The third kappa shape index (κ3) is 5.57.